The van der Waals surface area contributed by atoms with Gasteiger partial charge in [0.25, 0.3) is 0 Å². The average Bonchev–Trinajstić information content (AvgIpc) is 2.38. The van der Waals surface area contributed by atoms with E-state index in [4.69, 9.17) is 9.84 Å². The number of carbonyl (C=O) groups is 1. The SMILES string of the molecule is COc1nc(-c2ccccc2F)ncc1C(=O)O. The molecule has 92 valence electrons. The van der Waals surface area contributed by atoms with Gasteiger partial charge in [0.1, 0.15) is 11.4 Å². The monoisotopic (exact) mass is 248 g/mol. The minimum Gasteiger partial charge on any atom is -0.480 e. The van der Waals surface area contributed by atoms with E-state index in [9.17, 15) is 9.18 Å². The first-order valence-corrected chi connectivity index (χ1v) is 5.02. The molecule has 0 radical (unpaired) electrons. The maximum atomic E-state index is 13.5. The number of halogens is 1. The van der Waals surface area contributed by atoms with Crippen molar-refractivity contribution in [3.05, 3.63) is 41.8 Å². The Kier molecular flexibility index (Phi) is 3.18. The van der Waals surface area contributed by atoms with Gasteiger partial charge in [-0.3, -0.25) is 0 Å². The Labute approximate surface area is 102 Å². The van der Waals surface area contributed by atoms with Crippen LogP contribution in [0.2, 0.25) is 0 Å². The fraction of sp³-hybridized carbons (Fsp3) is 0.0833. The van der Waals surface area contributed by atoms with Crippen LogP contribution in [0.1, 0.15) is 10.4 Å². The lowest BCUT2D eigenvalue weighted by Crippen LogP contribution is -2.05. The summed E-state index contributed by atoms with van der Waals surface area (Å²) in [5.74, 6) is -1.71. The average molecular weight is 248 g/mol. The standard InChI is InChI=1S/C12H9FN2O3/c1-18-11-8(12(16)17)6-14-10(15-11)7-4-2-3-5-9(7)13/h2-6H,1H3,(H,16,17). The number of carboxylic acids is 1. The lowest BCUT2D eigenvalue weighted by Gasteiger charge is -2.06. The van der Waals surface area contributed by atoms with Crippen molar-refractivity contribution in [3.8, 4) is 17.3 Å². The van der Waals surface area contributed by atoms with Crippen LogP contribution >= 0.6 is 0 Å². The Balaban J connectivity index is 2.55. The summed E-state index contributed by atoms with van der Waals surface area (Å²) >= 11 is 0. The topological polar surface area (TPSA) is 72.3 Å². The van der Waals surface area contributed by atoms with E-state index in [1.165, 1.54) is 19.2 Å². The van der Waals surface area contributed by atoms with Gasteiger partial charge in [0, 0.05) is 6.20 Å². The number of methoxy groups -OCH3 is 1. The first-order valence-electron chi connectivity index (χ1n) is 5.02. The van der Waals surface area contributed by atoms with Gasteiger partial charge >= 0.3 is 5.97 Å². The van der Waals surface area contributed by atoms with Crippen LogP contribution in [0, 0.1) is 5.82 Å². The molecule has 0 bridgehead atoms. The molecule has 0 aliphatic rings. The van der Waals surface area contributed by atoms with Gasteiger partial charge in [0.05, 0.1) is 12.7 Å². The summed E-state index contributed by atoms with van der Waals surface area (Å²) in [5, 5.41) is 8.88. The highest BCUT2D eigenvalue weighted by Gasteiger charge is 2.16. The lowest BCUT2D eigenvalue weighted by atomic mass is 10.2. The van der Waals surface area contributed by atoms with Crippen molar-refractivity contribution in [2.45, 2.75) is 0 Å². The molecule has 6 heteroatoms. The predicted molar refractivity (Wildman–Crippen MR) is 60.9 cm³/mol. The van der Waals surface area contributed by atoms with Crippen molar-refractivity contribution in [3.63, 3.8) is 0 Å². The third kappa shape index (κ3) is 2.13. The summed E-state index contributed by atoms with van der Waals surface area (Å²) in [6, 6.07) is 5.96. The molecule has 0 unspecified atom stereocenters. The van der Waals surface area contributed by atoms with Gasteiger partial charge < -0.3 is 9.84 Å². The molecule has 0 saturated heterocycles. The Bertz CT molecular complexity index is 602. The van der Waals surface area contributed by atoms with Gasteiger partial charge in [-0.15, -0.1) is 0 Å². The molecule has 2 aromatic rings. The highest BCUT2D eigenvalue weighted by Crippen LogP contribution is 2.22. The molecule has 0 aliphatic heterocycles. The molecule has 1 heterocycles. The maximum absolute atomic E-state index is 13.5. The van der Waals surface area contributed by atoms with Crippen LogP contribution in [0.25, 0.3) is 11.4 Å². The van der Waals surface area contributed by atoms with Crippen molar-refractivity contribution in [1.29, 1.82) is 0 Å². The van der Waals surface area contributed by atoms with Crippen molar-refractivity contribution < 1.29 is 19.0 Å². The maximum Gasteiger partial charge on any atom is 0.342 e. The van der Waals surface area contributed by atoms with Gasteiger partial charge in [-0.25, -0.2) is 14.2 Å². The molecule has 0 amide bonds. The number of hydrogen-bond donors (Lipinski definition) is 1. The first-order chi connectivity index (χ1) is 8.63. The third-order valence-electron chi connectivity index (χ3n) is 2.29. The van der Waals surface area contributed by atoms with Crippen LogP contribution in [-0.2, 0) is 0 Å². The Morgan fingerprint density at radius 3 is 2.72 bits per heavy atom. The fourth-order valence-electron chi connectivity index (χ4n) is 1.44. The zero-order valence-corrected chi connectivity index (χ0v) is 9.42. The number of rotatable bonds is 3. The van der Waals surface area contributed by atoms with E-state index in [-0.39, 0.29) is 22.8 Å². The van der Waals surface area contributed by atoms with Gasteiger partial charge in [-0.2, -0.15) is 4.98 Å². The zero-order valence-electron chi connectivity index (χ0n) is 9.42. The van der Waals surface area contributed by atoms with Crippen molar-refractivity contribution in [1.82, 2.24) is 9.97 Å². The summed E-state index contributed by atoms with van der Waals surface area (Å²) in [6.07, 6.45) is 1.09. The summed E-state index contributed by atoms with van der Waals surface area (Å²) in [6.45, 7) is 0. The third-order valence-corrected chi connectivity index (χ3v) is 2.29. The van der Waals surface area contributed by atoms with Crippen LogP contribution in [0.5, 0.6) is 5.88 Å². The molecule has 18 heavy (non-hydrogen) atoms. The molecule has 0 spiro atoms. The zero-order chi connectivity index (χ0) is 13.1. The van der Waals surface area contributed by atoms with E-state index in [0.717, 1.165) is 6.20 Å². The molecule has 1 aromatic heterocycles. The molecule has 0 saturated carbocycles. The quantitative estimate of drug-likeness (QED) is 0.899. The Morgan fingerprint density at radius 2 is 2.11 bits per heavy atom. The second-order valence-electron chi connectivity index (χ2n) is 3.40. The summed E-state index contributed by atoms with van der Waals surface area (Å²) < 4.78 is 18.4. The summed E-state index contributed by atoms with van der Waals surface area (Å²) in [5.41, 5.74) is 0.0188. The smallest absolute Gasteiger partial charge is 0.342 e. The highest BCUT2D eigenvalue weighted by atomic mass is 19.1. The summed E-state index contributed by atoms with van der Waals surface area (Å²) in [4.78, 5) is 18.6. The molecule has 1 N–H and O–H groups in total. The van der Waals surface area contributed by atoms with Crippen LogP contribution in [0.4, 0.5) is 4.39 Å². The van der Waals surface area contributed by atoms with E-state index in [1.54, 1.807) is 12.1 Å². The van der Waals surface area contributed by atoms with Crippen molar-refractivity contribution in [2.75, 3.05) is 7.11 Å². The number of benzene rings is 1. The number of aromatic carboxylic acids is 1. The molecular formula is C12H9FN2O3. The predicted octanol–water partition coefficient (Wildman–Crippen LogP) is 1.99. The number of hydrogen-bond acceptors (Lipinski definition) is 4. The molecule has 1 aromatic carbocycles. The number of nitrogens with zero attached hydrogens (tertiary/aromatic N) is 2. The van der Waals surface area contributed by atoms with Crippen LogP contribution < -0.4 is 4.74 Å². The van der Waals surface area contributed by atoms with Gasteiger partial charge in [0.2, 0.25) is 5.88 Å². The Morgan fingerprint density at radius 1 is 1.39 bits per heavy atom. The van der Waals surface area contributed by atoms with E-state index in [0.29, 0.717) is 0 Å². The Hall–Kier alpha value is -2.50. The lowest BCUT2D eigenvalue weighted by molar-refractivity contribution is 0.0692. The van der Waals surface area contributed by atoms with Gasteiger partial charge in [-0.05, 0) is 12.1 Å². The fourth-order valence-corrected chi connectivity index (χ4v) is 1.44. The number of aromatic nitrogens is 2. The van der Waals surface area contributed by atoms with Crippen molar-refractivity contribution >= 4 is 5.97 Å². The van der Waals surface area contributed by atoms with E-state index in [2.05, 4.69) is 9.97 Å². The molecule has 0 atom stereocenters. The van der Waals surface area contributed by atoms with Crippen LogP contribution in [0.15, 0.2) is 30.5 Å². The van der Waals surface area contributed by atoms with Crippen LogP contribution in [0.3, 0.4) is 0 Å². The van der Waals surface area contributed by atoms with E-state index >= 15 is 0 Å². The van der Waals surface area contributed by atoms with Gasteiger partial charge in [0.15, 0.2) is 5.82 Å². The van der Waals surface area contributed by atoms with Gasteiger partial charge in [-0.1, -0.05) is 12.1 Å². The second-order valence-corrected chi connectivity index (χ2v) is 3.40. The summed E-state index contributed by atoms with van der Waals surface area (Å²) in [7, 11) is 1.29. The molecule has 0 aliphatic carbocycles. The second kappa shape index (κ2) is 4.79. The number of carboxylic acid groups (broad SMARTS) is 1. The molecular weight excluding hydrogens is 239 g/mol. The molecule has 2 rings (SSSR count). The molecule has 0 fully saturated rings. The number of ether oxygens (including phenoxy) is 1. The van der Waals surface area contributed by atoms with E-state index in [1.807, 2.05) is 0 Å². The minimum absolute atomic E-state index is 0.0787. The normalized spacial score (nSPS) is 10.1. The van der Waals surface area contributed by atoms with E-state index < -0.39 is 11.8 Å². The highest BCUT2D eigenvalue weighted by molar-refractivity contribution is 5.90. The van der Waals surface area contributed by atoms with Crippen molar-refractivity contribution in [2.24, 2.45) is 0 Å². The van der Waals surface area contributed by atoms with Crippen LogP contribution in [-0.4, -0.2) is 28.2 Å². The minimum atomic E-state index is -1.20. The first kappa shape index (κ1) is 12.0. The molecule has 5 nitrogen and oxygen atoms in total. The largest absolute Gasteiger partial charge is 0.480 e.